The van der Waals surface area contributed by atoms with E-state index in [-0.39, 0.29) is 11.5 Å². The second-order valence-corrected chi connectivity index (χ2v) is 4.94. The van der Waals surface area contributed by atoms with E-state index in [1.54, 1.807) is 0 Å². The molecule has 0 atom stereocenters. The topological polar surface area (TPSA) is 96.7 Å². The van der Waals surface area contributed by atoms with Crippen LogP contribution in [0.4, 0.5) is 0 Å². The molecule has 0 saturated carbocycles. The third-order valence-corrected chi connectivity index (χ3v) is 3.46. The van der Waals surface area contributed by atoms with Gasteiger partial charge in [0.15, 0.2) is 0 Å². The maximum absolute atomic E-state index is 12.1. The highest BCUT2D eigenvalue weighted by molar-refractivity contribution is 5.90. The summed E-state index contributed by atoms with van der Waals surface area (Å²) in [5.74, 6) is -0.856. The molecule has 0 radical (unpaired) electrons. The van der Waals surface area contributed by atoms with Crippen LogP contribution >= 0.6 is 0 Å². The molecule has 8 heteroatoms. The van der Waals surface area contributed by atoms with Crippen LogP contribution < -0.4 is 10.9 Å². The molecule has 0 aliphatic carbocycles. The van der Waals surface area contributed by atoms with Gasteiger partial charge in [-0.15, -0.1) is 0 Å². The fraction of sp³-hybridized carbons (Fsp3) is 0.615. The largest absolute Gasteiger partial charge is 0.502 e. The fourth-order valence-corrected chi connectivity index (χ4v) is 2.13. The Balaban J connectivity index is 1.96. The maximum atomic E-state index is 12.1. The molecule has 8 nitrogen and oxygen atoms in total. The quantitative estimate of drug-likeness (QED) is 0.729. The highest BCUT2D eigenvalue weighted by Crippen LogP contribution is 2.06. The lowest BCUT2D eigenvalue weighted by atomic mass is 10.3. The Hall–Kier alpha value is -1.93. The molecule has 1 aliphatic rings. The van der Waals surface area contributed by atoms with Crippen LogP contribution in [0.3, 0.4) is 0 Å². The monoisotopic (exact) mass is 296 g/mol. The molecule has 2 N–H and O–H groups in total. The van der Waals surface area contributed by atoms with Gasteiger partial charge in [0.2, 0.25) is 11.6 Å². The van der Waals surface area contributed by atoms with Crippen molar-refractivity contribution in [3.8, 4) is 5.75 Å². The zero-order valence-electron chi connectivity index (χ0n) is 12.3. The molecular formula is C13H20N4O4. The van der Waals surface area contributed by atoms with Gasteiger partial charge in [-0.1, -0.05) is 0 Å². The lowest BCUT2D eigenvalue weighted by Gasteiger charge is -2.26. The Kier molecular flexibility index (Phi) is 4.92. The predicted molar refractivity (Wildman–Crippen MR) is 75.5 cm³/mol. The van der Waals surface area contributed by atoms with E-state index in [9.17, 15) is 14.7 Å². The van der Waals surface area contributed by atoms with E-state index in [0.717, 1.165) is 24.2 Å². The lowest BCUT2D eigenvalue weighted by molar-refractivity contribution is 0.0383. The molecule has 2 heterocycles. The molecule has 1 aromatic rings. The average Bonchev–Trinajstić information content (AvgIpc) is 2.49. The number of rotatable bonds is 4. The zero-order chi connectivity index (χ0) is 15.4. The summed E-state index contributed by atoms with van der Waals surface area (Å²) in [6, 6.07) is 0. The first kappa shape index (κ1) is 15.5. The molecule has 0 bridgehead atoms. The summed E-state index contributed by atoms with van der Waals surface area (Å²) >= 11 is 0. The molecule has 1 aliphatic heterocycles. The number of hydrogen-bond donors (Lipinski definition) is 2. The maximum Gasteiger partial charge on any atom is 0.296 e. The Labute approximate surface area is 122 Å². The predicted octanol–water partition coefficient (Wildman–Crippen LogP) is -1.14. The average molecular weight is 296 g/mol. The number of aromatic hydroxyl groups is 1. The number of nitrogens with zero attached hydrogens (tertiary/aromatic N) is 3. The third kappa shape index (κ3) is 3.59. The second kappa shape index (κ2) is 6.68. The molecule has 116 valence electrons. The van der Waals surface area contributed by atoms with Crippen molar-refractivity contribution in [2.45, 2.75) is 6.92 Å². The summed E-state index contributed by atoms with van der Waals surface area (Å²) in [5.41, 5.74) is -0.475. The molecule has 0 spiro atoms. The Morgan fingerprint density at radius 3 is 2.76 bits per heavy atom. The number of aryl methyl sites for hydroxylation is 1. The molecule has 1 saturated heterocycles. The van der Waals surface area contributed by atoms with Crippen molar-refractivity contribution in [2.75, 3.05) is 39.4 Å². The van der Waals surface area contributed by atoms with Crippen molar-refractivity contribution < 1.29 is 14.6 Å². The summed E-state index contributed by atoms with van der Waals surface area (Å²) in [6.45, 7) is 5.80. The van der Waals surface area contributed by atoms with Crippen LogP contribution in [-0.4, -0.2) is 64.9 Å². The van der Waals surface area contributed by atoms with E-state index in [1.807, 2.05) is 0 Å². The van der Waals surface area contributed by atoms with Gasteiger partial charge >= 0.3 is 0 Å². The van der Waals surface area contributed by atoms with Crippen molar-refractivity contribution in [2.24, 2.45) is 7.05 Å². The zero-order valence-corrected chi connectivity index (χ0v) is 12.3. The van der Waals surface area contributed by atoms with Crippen LogP contribution in [0, 0.1) is 6.92 Å². The number of hydrogen-bond acceptors (Lipinski definition) is 6. The summed E-state index contributed by atoms with van der Waals surface area (Å²) in [6.07, 6.45) is 0. The van der Waals surface area contributed by atoms with Gasteiger partial charge in [0.25, 0.3) is 11.5 Å². The van der Waals surface area contributed by atoms with E-state index >= 15 is 0 Å². The first-order valence-corrected chi connectivity index (χ1v) is 6.85. The van der Waals surface area contributed by atoms with Crippen LogP contribution in [0.2, 0.25) is 0 Å². The molecule has 0 unspecified atom stereocenters. The number of carbonyl (C=O) groups excluding carboxylic acids is 1. The number of ether oxygens (including phenoxy) is 1. The Bertz CT molecular complexity index is 578. The minimum absolute atomic E-state index is 0.00252. The van der Waals surface area contributed by atoms with E-state index in [0.29, 0.717) is 19.8 Å². The number of morpholine rings is 1. The molecule has 2 rings (SSSR count). The van der Waals surface area contributed by atoms with Gasteiger partial charge < -0.3 is 15.2 Å². The van der Waals surface area contributed by atoms with Crippen LogP contribution in [-0.2, 0) is 11.8 Å². The van der Waals surface area contributed by atoms with E-state index in [2.05, 4.69) is 15.2 Å². The van der Waals surface area contributed by atoms with E-state index in [1.165, 1.54) is 14.0 Å². The molecule has 1 fully saturated rings. The fourth-order valence-electron chi connectivity index (χ4n) is 2.13. The molecule has 1 aromatic heterocycles. The van der Waals surface area contributed by atoms with Gasteiger partial charge in [-0.3, -0.25) is 19.1 Å². The minimum atomic E-state index is -0.624. The minimum Gasteiger partial charge on any atom is -0.502 e. The summed E-state index contributed by atoms with van der Waals surface area (Å²) in [4.78, 5) is 29.9. The van der Waals surface area contributed by atoms with Gasteiger partial charge in [-0.25, -0.2) is 4.98 Å². The molecule has 21 heavy (non-hydrogen) atoms. The smallest absolute Gasteiger partial charge is 0.296 e. The molecule has 1 amide bonds. The van der Waals surface area contributed by atoms with Crippen molar-refractivity contribution in [3.05, 3.63) is 21.9 Å². The van der Waals surface area contributed by atoms with Crippen LogP contribution in [0.25, 0.3) is 0 Å². The summed E-state index contributed by atoms with van der Waals surface area (Å²) < 4.78 is 6.30. The SMILES string of the molecule is Cc1nc(C(=O)NCCN2CCOCC2)n(C)c(=O)c1O. The standard InChI is InChI=1S/C13H20N4O4/c1-9-10(18)13(20)16(2)11(15-9)12(19)14-3-4-17-5-7-21-8-6-17/h18H,3-8H2,1-2H3,(H,14,19). The van der Waals surface area contributed by atoms with Crippen molar-refractivity contribution in [3.63, 3.8) is 0 Å². The van der Waals surface area contributed by atoms with Crippen molar-refractivity contribution >= 4 is 5.91 Å². The Morgan fingerprint density at radius 1 is 1.43 bits per heavy atom. The normalized spacial score (nSPS) is 15.9. The first-order valence-electron chi connectivity index (χ1n) is 6.85. The van der Waals surface area contributed by atoms with E-state index in [4.69, 9.17) is 4.74 Å². The van der Waals surface area contributed by atoms with Crippen LogP contribution in [0.5, 0.6) is 5.75 Å². The number of aromatic nitrogens is 2. The van der Waals surface area contributed by atoms with Gasteiger partial charge in [0.05, 0.1) is 18.9 Å². The van der Waals surface area contributed by atoms with Crippen LogP contribution in [0.1, 0.15) is 16.3 Å². The van der Waals surface area contributed by atoms with E-state index < -0.39 is 17.2 Å². The number of carbonyl (C=O) groups is 1. The van der Waals surface area contributed by atoms with Crippen molar-refractivity contribution in [1.29, 1.82) is 0 Å². The Morgan fingerprint density at radius 2 is 2.10 bits per heavy atom. The first-order chi connectivity index (χ1) is 10.0. The third-order valence-electron chi connectivity index (χ3n) is 3.46. The van der Waals surface area contributed by atoms with Gasteiger partial charge in [0, 0.05) is 33.2 Å². The summed E-state index contributed by atoms with van der Waals surface area (Å²) in [7, 11) is 1.41. The number of amides is 1. The highest BCUT2D eigenvalue weighted by Gasteiger charge is 2.17. The van der Waals surface area contributed by atoms with Crippen LogP contribution in [0.15, 0.2) is 4.79 Å². The second-order valence-electron chi connectivity index (χ2n) is 4.94. The molecular weight excluding hydrogens is 276 g/mol. The van der Waals surface area contributed by atoms with Gasteiger partial charge in [0.1, 0.15) is 0 Å². The number of nitrogens with one attached hydrogen (secondary N) is 1. The highest BCUT2D eigenvalue weighted by atomic mass is 16.5. The lowest BCUT2D eigenvalue weighted by Crippen LogP contribution is -2.42. The summed E-state index contributed by atoms with van der Waals surface area (Å²) in [5, 5.41) is 12.2. The molecule has 0 aromatic carbocycles. The van der Waals surface area contributed by atoms with Crippen molar-refractivity contribution in [1.82, 2.24) is 19.8 Å². The van der Waals surface area contributed by atoms with Gasteiger partial charge in [-0.2, -0.15) is 0 Å². The van der Waals surface area contributed by atoms with Gasteiger partial charge in [-0.05, 0) is 6.92 Å².